The number of hydrogen-bond donors (Lipinski definition) is 4. The van der Waals surface area contributed by atoms with Crippen LogP contribution in [0, 0.1) is 13.8 Å². The molecule has 0 aliphatic carbocycles. The molecule has 2 aliphatic rings. The third kappa shape index (κ3) is 37.0. The van der Waals surface area contributed by atoms with Crippen molar-refractivity contribution in [3.05, 3.63) is 108 Å². The average molecular weight is 1960 g/mol. The van der Waals surface area contributed by atoms with Gasteiger partial charge in [-0.2, -0.15) is 0 Å². The molecular weight excluding hydrogens is 1780 g/mol. The molecule has 770 valence electrons. The zero-order valence-corrected chi connectivity index (χ0v) is 89.1. The van der Waals surface area contributed by atoms with Gasteiger partial charge in [-0.1, -0.05) is 424 Å². The molecule has 0 amide bonds. The van der Waals surface area contributed by atoms with E-state index < -0.39 is 20.0 Å². The number of aryl methyl sites for hydroxylation is 2. The van der Waals surface area contributed by atoms with Crippen LogP contribution in [-0.2, 0) is 20.0 Å². The summed E-state index contributed by atoms with van der Waals surface area (Å²) in [6.07, 6.45) is 71.3. The number of H-pyrrole nitrogens is 2. The minimum absolute atomic E-state index is 0.0257. The zero-order valence-electron chi connectivity index (χ0n) is 87.5. The molecule has 6 aromatic carbocycles. The highest BCUT2D eigenvalue weighted by Gasteiger charge is 2.30. The number of nitrogens with zero attached hydrogens (tertiary/aromatic N) is 6. The van der Waals surface area contributed by atoms with E-state index in [1.807, 2.05) is 38.1 Å². The smallest absolute Gasteiger partial charge is 0.261 e. The van der Waals surface area contributed by atoms with Crippen LogP contribution in [0.15, 0.2) is 107 Å². The fraction of sp³-hybridized carbons (Fsp3) is 0.627. The molecule has 0 radical (unpaired) electrons. The number of aromatic amines is 2. The van der Waals surface area contributed by atoms with E-state index in [4.69, 9.17) is 58.3 Å². The second kappa shape index (κ2) is 63.2. The Labute approximate surface area is 843 Å². The maximum atomic E-state index is 15.1. The Kier molecular flexibility index (Phi) is 50.3. The molecule has 2 aliphatic heterocycles. The molecule has 4 N–H and O–H groups in total. The number of unbranched alkanes of at least 4 members (excludes halogenated alkanes) is 54. The van der Waals surface area contributed by atoms with Gasteiger partial charge in [-0.15, -0.1) is 0 Å². The molecular formula is C118H176N10O10S2. The molecule has 8 bridgehead atoms. The first-order valence-corrected chi connectivity index (χ1v) is 59.1. The van der Waals surface area contributed by atoms with Gasteiger partial charge < -0.3 is 38.4 Å². The van der Waals surface area contributed by atoms with Crippen LogP contribution in [0.3, 0.4) is 0 Å². The second-order valence-electron chi connectivity index (χ2n) is 40.1. The van der Waals surface area contributed by atoms with Crippen LogP contribution in [0.5, 0.6) is 34.5 Å². The number of aromatic nitrogens is 8. The van der Waals surface area contributed by atoms with E-state index in [0.29, 0.717) is 130 Å². The molecule has 9 aromatic rings. The summed E-state index contributed by atoms with van der Waals surface area (Å²) in [5.41, 5.74) is 5.41. The highest BCUT2D eigenvalue weighted by atomic mass is 32.2. The second-order valence-corrected chi connectivity index (χ2v) is 43.5. The van der Waals surface area contributed by atoms with Crippen LogP contribution in [0.25, 0.3) is 89.7 Å². The number of nitrogens with one attached hydrogen (secondary N) is 4. The molecule has 0 unspecified atom stereocenters. The Balaban J connectivity index is 1.13. The summed E-state index contributed by atoms with van der Waals surface area (Å²) in [4.78, 5) is 41.1. The molecule has 5 heterocycles. The summed E-state index contributed by atoms with van der Waals surface area (Å²) in [6.45, 7) is 20.3. The summed E-state index contributed by atoms with van der Waals surface area (Å²) < 4.78 is 108. The normalized spacial score (nSPS) is 12.0. The van der Waals surface area contributed by atoms with Crippen molar-refractivity contribution in [2.24, 2.45) is 0 Å². The van der Waals surface area contributed by atoms with E-state index in [9.17, 15) is 0 Å². The van der Waals surface area contributed by atoms with E-state index in [1.54, 1.807) is 36.4 Å². The third-order valence-electron chi connectivity index (χ3n) is 27.8. The van der Waals surface area contributed by atoms with Gasteiger partial charge in [0.15, 0.2) is 57.8 Å². The van der Waals surface area contributed by atoms with E-state index in [0.717, 1.165) is 137 Å². The lowest BCUT2D eigenvalue weighted by molar-refractivity contribution is 0.258. The number of hydrogen-bond acceptors (Lipinski definition) is 16. The molecule has 11 rings (SSSR count). The summed E-state index contributed by atoms with van der Waals surface area (Å²) >= 11 is 0. The van der Waals surface area contributed by atoms with Crippen molar-refractivity contribution >= 4 is 75.6 Å². The van der Waals surface area contributed by atoms with Gasteiger partial charge in [0.05, 0.1) is 60.8 Å². The minimum Gasteiger partial charge on any atom is -0.490 e. The first-order valence-electron chi connectivity index (χ1n) is 56.1. The van der Waals surface area contributed by atoms with Crippen molar-refractivity contribution in [1.29, 1.82) is 0 Å². The fourth-order valence-electron chi connectivity index (χ4n) is 19.2. The van der Waals surface area contributed by atoms with Crippen LogP contribution < -0.4 is 37.9 Å². The SMILES string of the molecule is CCCCCCCCCCCCOc1cc2c(cc1OCCCCCCCCCCCC)-c1nc-2nc2[nH]c(nc3nc(nc4[nH]c(n1)c1cc(OCCCCCCCCCCCC)c(OCCCCCCCCCCCC)cc41)-c1cc(OCCCCCCCCCCCC)c(OCCCCCCCCCCCC)cc1-3)c1cc(NS(=O)(=O)c3ccc(C)cc3)c(NS(=O)(=O)c3ccc(C)cc3)cc21. The number of rotatable bonds is 78. The molecule has 0 fully saturated rings. The van der Waals surface area contributed by atoms with Crippen LogP contribution in [-0.4, -0.2) is 96.3 Å². The zero-order chi connectivity index (χ0) is 98.5. The summed E-state index contributed by atoms with van der Waals surface area (Å²) in [5.74, 6) is 4.65. The summed E-state index contributed by atoms with van der Waals surface area (Å²) in [5, 5.41) is 2.19. The molecule has 0 atom stereocenters. The minimum atomic E-state index is -4.42. The van der Waals surface area contributed by atoms with Gasteiger partial charge in [0, 0.05) is 43.8 Å². The predicted octanol–water partition coefficient (Wildman–Crippen LogP) is 34.9. The van der Waals surface area contributed by atoms with Crippen molar-refractivity contribution in [3.63, 3.8) is 0 Å². The molecule has 0 saturated carbocycles. The van der Waals surface area contributed by atoms with Gasteiger partial charge in [-0.3, -0.25) is 9.44 Å². The predicted molar refractivity (Wildman–Crippen MR) is 584 cm³/mol. The molecule has 22 heteroatoms. The fourth-order valence-corrected chi connectivity index (χ4v) is 21.3. The van der Waals surface area contributed by atoms with Gasteiger partial charge in [0.2, 0.25) is 0 Å². The van der Waals surface area contributed by atoms with Gasteiger partial charge in [-0.05, 0) is 125 Å². The Bertz CT molecular complexity index is 5190. The largest absolute Gasteiger partial charge is 0.490 e. The third-order valence-corrected chi connectivity index (χ3v) is 30.6. The van der Waals surface area contributed by atoms with Gasteiger partial charge in [-0.25, -0.2) is 46.7 Å². The quantitative estimate of drug-likeness (QED) is 0.0258. The van der Waals surface area contributed by atoms with E-state index in [1.165, 1.54) is 294 Å². The topological polar surface area (TPSA) is 257 Å². The highest BCUT2D eigenvalue weighted by molar-refractivity contribution is 7.93. The number of ether oxygens (including phenoxy) is 6. The van der Waals surface area contributed by atoms with Crippen LogP contribution >= 0.6 is 0 Å². The van der Waals surface area contributed by atoms with E-state index in [2.05, 4.69) is 73.1 Å². The van der Waals surface area contributed by atoms with Crippen LogP contribution in [0.4, 0.5) is 11.4 Å². The summed E-state index contributed by atoms with van der Waals surface area (Å²) in [6, 6.07) is 28.4. The first kappa shape index (κ1) is 111. The first-order chi connectivity index (χ1) is 68.6. The average Bonchev–Trinajstić information content (AvgIpc) is 1.58. The molecule has 3 aromatic heterocycles. The maximum Gasteiger partial charge on any atom is 0.261 e. The van der Waals surface area contributed by atoms with Crippen molar-refractivity contribution in [2.75, 3.05) is 49.1 Å². The monoisotopic (exact) mass is 1960 g/mol. The van der Waals surface area contributed by atoms with Gasteiger partial charge >= 0.3 is 0 Å². The molecule has 20 nitrogen and oxygen atoms in total. The van der Waals surface area contributed by atoms with Crippen molar-refractivity contribution in [2.45, 2.75) is 450 Å². The summed E-state index contributed by atoms with van der Waals surface area (Å²) in [7, 11) is -8.85. The number of anilines is 2. The number of fused-ring (bicyclic) bond motifs is 20. The Hall–Kier alpha value is -9.02. The van der Waals surface area contributed by atoms with Crippen LogP contribution in [0.2, 0.25) is 0 Å². The van der Waals surface area contributed by atoms with Crippen LogP contribution in [0.1, 0.15) is 438 Å². The number of benzene rings is 6. The van der Waals surface area contributed by atoms with Gasteiger partial charge in [0.25, 0.3) is 20.0 Å². The van der Waals surface area contributed by atoms with E-state index >= 15 is 16.8 Å². The van der Waals surface area contributed by atoms with Crippen molar-refractivity contribution < 1.29 is 45.3 Å². The lowest BCUT2D eigenvalue weighted by Crippen LogP contribution is -2.17. The molecule has 140 heavy (non-hydrogen) atoms. The lowest BCUT2D eigenvalue weighted by atomic mass is 10.1. The lowest BCUT2D eigenvalue weighted by Gasteiger charge is -2.16. The maximum absolute atomic E-state index is 15.1. The highest BCUT2D eigenvalue weighted by Crippen LogP contribution is 2.47. The standard InChI is InChI=1S/C118H176N10O10S2/c1-9-15-21-27-33-39-45-51-57-63-77-133-105-85-97-99(87-107(105)135-79-65-59-53-47-41-35-29-23-17-11-3)115-122-113(97)120-111-95-83-103(127-139(129,130)93-73-69-91(7)70-74-93)104(128-140(131,132)94-75-71-92(8)72-76-94)84-96(95)112(119-111)121-114-98-86-106(134-78-64-58-52-46-40-34-28-22-16-10-2)108(136-80-66-60-54-48-42-36-30-24-18-12-4)88-100(98)116(123-114)125-118-102-90-110(138-82-68-62-56-50-44-38-32-26-20-14-6)109(89-101(102)117(124-115)126-118)137-81-67-61-55-49-43-37-31-25-19-13-5/h69-76,83-90,127-128H,9-68,77-82H2,1-8H3,(H2,119,120,121,122,123,124,125,126). The Morgan fingerprint density at radius 1 is 0.221 bits per heavy atom. The van der Waals surface area contributed by atoms with E-state index in [-0.39, 0.29) is 44.1 Å². The molecule has 0 spiro atoms. The molecule has 0 saturated heterocycles. The Morgan fingerprint density at radius 3 is 0.586 bits per heavy atom. The Morgan fingerprint density at radius 2 is 0.393 bits per heavy atom. The van der Waals surface area contributed by atoms with Crippen molar-refractivity contribution in [3.8, 4) is 80.0 Å². The number of sulfonamides is 2. The van der Waals surface area contributed by atoms with Crippen molar-refractivity contribution in [1.82, 2.24) is 39.9 Å². The van der Waals surface area contributed by atoms with Gasteiger partial charge in [0.1, 0.15) is 22.6 Å².